The van der Waals surface area contributed by atoms with Crippen molar-refractivity contribution in [3.05, 3.63) is 64.9 Å². The Hall–Kier alpha value is -3.00. The van der Waals surface area contributed by atoms with Gasteiger partial charge in [0, 0.05) is 31.1 Å². The van der Waals surface area contributed by atoms with Crippen LogP contribution in [0.5, 0.6) is 5.75 Å². The lowest BCUT2D eigenvalue weighted by molar-refractivity contribution is -0.00620. The van der Waals surface area contributed by atoms with E-state index in [2.05, 4.69) is 0 Å². The summed E-state index contributed by atoms with van der Waals surface area (Å²) in [5.74, 6) is -0.491. The highest BCUT2D eigenvalue weighted by Gasteiger charge is 2.35. The van der Waals surface area contributed by atoms with Crippen molar-refractivity contribution in [3.8, 4) is 5.75 Å². The number of hydrogen-bond donors (Lipinski definition) is 0. The Labute approximate surface area is 204 Å². The van der Waals surface area contributed by atoms with Gasteiger partial charge in [0.05, 0.1) is 12.6 Å². The van der Waals surface area contributed by atoms with Crippen LogP contribution < -0.4 is 4.74 Å². The van der Waals surface area contributed by atoms with Gasteiger partial charge in [-0.3, -0.25) is 0 Å². The molecule has 0 N–H and O–H groups in total. The molecule has 1 heterocycles. The number of nitrogens with zero attached hydrogens (tertiary/aromatic N) is 2. The second-order valence-electron chi connectivity index (χ2n) is 9.03. The van der Waals surface area contributed by atoms with Crippen LogP contribution in [-0.4, -0.2) is 59.9 Å². The molecule has 34 heavy (non-hydrogen) atoms. The lowest BCUT2D eigenvalue weighted by atomic mass is 10.1. The maximum Gasteiger partial charge on any atom is 0.410 e. The van der Waals surface area contributed by atoms with Crippen LogP contribution in [0.2, 0.25) is 5.02 Å². The molecule has 1 fully saturated rings. The van der Waals surface area contributed by atoms with Crippen molar-refractivity contribution in [3.63, 3.8) is 0 Å². The number of piperazine rings is 1. The smallest absolute Gasteiger partial charge is 0.410 e. The molecule has 9 heteroatoms. The van der Waals surface area contributed by atoms with E-state index in [1.165, 1.54) is 18.2 Å². The lowest BCUT2D eigenvalue weighted by Gasteiger charge is -2.41. The van der Waals surface area contributed by atoms with Gasteiger partial charge in [0.15, 0.2) is 11.6 Å². The molecular formula is C25H30ClFN2O5. The van der Waals surface area contributed by atoms with Crippen molar-refractivity contribution >= 4 is 23.8 Å². The molecule has 0 saturated carbocycles. The van der Waals surface area contributed by atoms with Gasteiger partial charge in [0.1, 0.15) is 12.2 Å². The van der Waals surface area contributed by atoms with Crippen LogP contribution in [0.1, 0.15) is 32.8 Å². The number of hydrogen-bond acceptors (Lipinski definition) is 5. The maximum absolute atomic E-state index is 14.0. The molecular weight excluding hydrogens is 463 g/mol. The molecule has 0 radical (unpaired) electrons. The van der Waals surface area contributed by atoms with E-state index in [0.717, 1.165) is 5.56 Å². The van der Waals surface area contributed by atoms with E-state index in [0.29, 0.717) is 13.0 Å². The number of benzene rings is 2. The molecule has 0 spiro atoms. The third-order valence-electron chi connectivity index (χ3n) is 5.18. The number of rotatable bonds is 6. The zero-order chi connectivity index (χ0) is 24.7. The number of halogens is 2. The molecule has 3 rings (SSSR count). The Morgan fingerprint density at radius 2 is 1.82 bits per heavy atom. The zero-order valence-corrected chi connectivity index (χ0v) is 20.4. The van der Waals surface area contributed by atoms with Crippen LogP contribution in [-0.2, 0) is 16.1 Å². The predicted octanol–water partition coefficient (Wildman–Crippen LogP) is 5.51. The van der Waals surface area contributed by atoms with Gasteiger partial charge in [-0.25, -0.2) is 14.0 Å². The normalized spacial score (nSPS) is 16.2. The first-order valence-corrected chi connectivity index (χ1v) is 11.5. The number of ether oxygens (including phenoxy) is 3. The third kappa shape index (κ3) is 7.52. The van der Waals surface area contributed by atoms with E-state index in [-0.39, 0.29) is 43.1 Å². The van der Waals surface area contributed by atoms with Crippen molar-refractivity contribution in [2.24, 2.45) is 0 Å². The second kappa shape index (κ2) is 11.4. The number of carbonyl (C=O) groups is 2. The van der Waals surface area contributed by atoms with Gasteiger partial charge < -0.3 is 24.0 Å². The summed E-state index contributed by atoms with van der Waals surface area (Å²) in [6.07, 6.45) is -0.557. The standard InChI is InChI=1S/C25H30ClFN2O5/c1-25(2,3)34-24(31)29-13-12-28(23(30)33-17-18-7-5-4-6-8-18)16-20(29)11-14-32-22-10-9-19(26)15-21(22)27/h4-10,15,20H,11-14,16-17H2,1-3H3/t20-/m1/s1. The van der Waals surface area contributed by atoms with Crippen molar-refractivity contribution in [2.45, 2.75) is 45.4 Å². The minimum atomic E-state index is -0.656. The molecule has 0 aliphatic carbocycles. The van der Waals surface area contributed by atoms with Crippen molar-refractivity contribution in [1.29, 1.82) is 0 Å². The van der Waals surface area contributed by atoms with Gasteiger partial charge in [-0.1, -0.05) is 41.9 Å². The van der Waals surface area contributed by atoms with Gasteiger partial charge in [0.2, 0.25) is 0 Å². The molecule has 2 aromatic rings. The molecule has 2 amide bonds. The Kier molecular flexibility index (Phi) is 8.61. The summed E-state index contributed by atoms with van der Waals surface area (Å²) in [4.78, 5) is 28.6. The van der Waals surface area contributed by atoms with Crippen molar-refractivity contribution in [2.75, 3.05) is 26.2 Å². The number of amides is 2. The minimum Gasteiger partial charge on any atom is -0.490 e. The first-order chi connectivity index (χ1) is 16.1. The van der Waals surface area contributed by atoms with Gasteiger partial charge in [-0.15, -0.1) is 0 Å². The first-order valence-electron chi connectivity index (χ1n) is 11.2. The number of carbonyl (C=O) groups excluding carboxylic acids is 2. The van der Waals surface area contributed by atoms with Crippen molar-refractivity contribution < 1.29 is 28.2 Å². The zero-order valence-electron chi connectivity index (χ0n) is 19.6. The van der Waals surface area contributed by atoms with Crippen LogP contribution in [0.15, 0.2) is 48.5 Å². The highest BCUT2D eigenvalue weighted by atomic mass is 35.5. The maximum atomic E-state index is 14.0. The van der Waals surface area contributed by atoms with Crippen molar-refractivity contribution in [1.82, 2.24) is 9.80 Å². The molecule has 1 saturated heterocycles. The fourth-order valence-corrected chi connectivity index (χ4v) is 3.70. The monoisotopic (exact) mass is 492 g/mol. The van der Waals surface area contributed by atoms with Crippen LogP contribution in [0.25, 0.3) is 0 Å². The molecule has 0 bridgehead atoms. The average Bonchev–Trinajstić information content (AvgIpc) is 2.78. The third-order valence-corrected chi connectivity index (χ3v) is 5.41. The lowest BCUT2D eigenvalue weighted by Crippen LogP contribution is -2.57. The summed E-state index contributed by atoms with van der Waals surface area (Å²) in [6.45, 7) is 6.53. The summed E-state index contributed by atoms with van der Waals surface area (Å²) in [5, 5.41) is 0.276. The second-order valence-corrected chi connectivity index (χ2v) is 9.46. The molecule has 1 aliphatic heterocycles. The topological polar surface area (TPSA) is 68.3 Å². The van der Waals surface area contributed by atoms with E-state index >= 15 is 0 Å². The van der Waals surface area contributed by atoms with Gasteiger partial charge in [-0.2, -0.15) is 0 Å². The van der Waals surface area contributed by atoms with E-state index in [9.17, 15) is 14.0 Å². The summed E-state index contributed by atoms with van der Waals surface area (Å²) in [5.41, 5.74) is 0.231. The highest BCUT2D eigenvalue weighted by Crippen LogP contribution is 2.23. The Balaban J connectivity index is 1.63. The summed E-state index contributed by atoms with van der Waals surface area (Å²) >= 11 is 5.79. The fraction of sp³-hybridized carbons (Fsp3) is 0.440. The van der Waals surface area contributed by atoms with Crippen LogP contribution in [0.3, 0.4) is 0 Å². The largest absolute Gasteiger partial charge is 0.490 e. The summed E-state index contributed by atoms with van der Waals surface area (Å²) in [6, 6.07) is 13.2. The van der Waals surface area contributed by atoms with Crippen LogP contribution in [0.4, 0.5) is 14.0 Å². The van der Waals surface area contributed by atoms with E-state index in [1.54, 1.807) is 30.6 Å². The summed E-state index contributed by atoms with van der Waals surface area (Å²) in [7, 11) is 0. The molecule has 0 aromatic heterocycles. The molecule has 1 aliphatic rings. The van der Waals surface area contributed by atoms with Gasteiger partial charge >= 0.3 is 12.2 Å². The Morgan fingerprint density at radius 3 is 2.50 bits per heavy atom. The first kappa shape index (κ1) is 25.6. The summed E-state index contributed by atoms with van der Waals surface area (Å²) < 4.78 is 30.6. The van der Waals surface area contributed by atoms with E-state index in [1.807, 2.05) is 30.3 Å². The fourth-order valence-electron chi connectivity index (χ4n) is 3.54. The Morgan fingerprint density at radius 1 is 1.09 bits per heavy atom. The molecule has 184 valence electrons. The quantitative estimate of drug-likeness (QED) is 0.532. The van der Waals surface area contributed by atoms with E-state index in [4.69, 9.17) is 25.8 Å². The average molecular weight is 493 g/mol. The van der Waals surface area contributed by atoms with Crippen LogP contribution >= 0.6 is 11.6 Å². The molecule has 2 aromatic carbocycles. The van der Waals surface area contributed by atoms with E-state index < -0.39 is 23.6 Å². The minimum absolute atomic E-state index is 0.0724. The SMILES string of the molecule is CC(C)(C)OC(=O)N1CCN(C(=O)OCc2ccccc2)C[C@H]1CCOc1ccc(Cl)cc1F. The predicted molar refractivity (Wildman–Crippen MR) is 126 cm³/mol. The molecule has 0 unspecified atom stereocenters. The molecule has 7 nitrogen and oxygen atoms in total. The molecule has 1 atom stereocenters. The van der Waals surface area contributed by atoms with Crippen LogP contribution in [0, 0.1) is 5.82 Å². The van der Waals surface area contributed by atoms with Gasteiger partial charge in [-0.05, 0) is 44.5 Å². The van der Waals surface area contributed by atoms with Gasteiger partial charge in [0.25, 0.3) is 0 Å². The highest BCUT2D eigenvalue weighted by molar-refractivity contribution is 6.30. The Bertz CT molecular complexity index is 983.